The Bertz CT molecular complexity index is 667. The number of hydrogen-bond acceptors (Lipinski definition) is 4. The van der Waals surface area contributed by atoms with Crippen molar-refractivity contribution in [2.45, 2.75) is 39.4 Å². The van der Waals surface area contributed by atoms with Crippen LogP contribution in [-0.4, -0.2) is 18.1 Å². The van der Waals surface area contributed by atoms with Gasteiger partial charge in [-0.2, -0.15) is 0 Å². The first-order valence-corrected chi connectivity index (χ1v) is 8.16. The molecule has 0 atom stereocenters. The van der Waals surface area contributed by atoms with Crippen LogP contribution in [0.2, 0.25) is 5.02 Å². The van der Waals surface area contributed by atoms with Crippen LogP contribution in [0.3, 0.4) is 0 Å². The van der Waals surface area contributed by atoms with Crippen molar-refractivity contribution in [2.75, 3.05) is 6.61 Å². The highest BCUT2D eigenvalue weighted by molar-refractivity contribution is 6.30. The number of amides is 1. The summed E-state index contributed by atoms with van der Waals surface area (Å²) >= 11 is 6.06. The molecule has 2 N–H and O–H groups in total. The molecule has 5 nitrogen and oxygen atoms in total. The molecule has 0 spiro atoms. The molecular weight excluding hydrogens is 363 g/mol. The standard InChI is InChI=1S/C18H23ClN2O3.ClH/c1-18(2,3)21-17(22)12-24-16-7-6-14(19)9-13(16)10-20-11-15-5-4-8-23-15;/h4-9,20H,10-12H2,1-3H3,(H,21,22);1H. The summed E-state index contributed by atoms with van der Waals surface area (Å²) in [7, 11) is 0. The maximum Gasteiger partial charge on any atom is 0.258 e. The van der Waals surface area contributed by atoms with Crippen molar-refractivity contribution >= 4 is 29.9 Å². The number of carbonyl (C=O) groups excluding carboxylic acids is 1. The molecule has 7 heteroatoms. The molecule has 1 aromatic carbocycles. The van der Waals surface area contributed by atoms with Crippen LogP contribution < -0.4 is 15.4 Å². The van der Waals surface area contributed by atoms with Crippen LogP contribution in [-0.2, 0) is 17.9 Å². The van der Waals surface area contributed by atoms with Crippen LogP contribution in [0.5, 0.6) is 5.75 Å². The number of carbonyl (C=O) groups is 1. The van der Waals surface area contributed by atoms with Crippen LogP contribution >= 0.6 is 24.0 Å². The molecule has 0 bridgehead atoms. The van der Waals surface area contributed by atoms with Crippen molar-refractivity contribution in [3.8, 4) is 5.75 Å². The van der Waals surface area contributed by atoms with Gasteiger partial charge in [0.2, 0.25) is 0 Å². The van der Waals surface area contributed by atoms with E-state index in [4.69, 9.17) is 20.8 Å². The largest absolute Gasteiger partial charge is 0.483 e. The quantitative estimate of drug-likeness (QED) is 0.756. The number of benzene rings is 1. The van der Waals surface area contributed by atoms with E-state index in [0.717, 1.165) is 11.3 Å². The summed E-state index contributed by atoms with van der Waals surface area (Å²) in [6.07, 6.45) is 1.64. The van der Waals surface area contributed by atoms with Gasteiger partial charge in [0.1, 0.15) is 11.5 Å². The fourth-order valence-electron chi connectivity index (χ4n) is 2.16. The summed E-state index contributed by atoms with van der Waals surface area (Å²) in [6, 6.07) is 9.09. The first kappa shape index (κ1) is 21.4. The molecule has 0 aliphatic carbocycles. The summed E-state index contributed by atoms with van der Waals surface area (Å²) in [4.78, 5) is 11.9. The number of hydrogen-bond donors (Lipinski definition) is 2. The first-order chi connectivity index (χ1) is 11.3. The molecule has 2 aromatic rings. The summed E-state index contributed by atoms with van der Waals surface area (Å²) < 4.78 is 10.9. The lowest BCUT2D eigenvalue weighted by atomic mass is 10.1. The van der Waals surface area contributed by atoms with Gasteiger partial charge in [-0.1, -0.05) is 11.6 Å². The van der Waals surface area contributed by atoms with E-state index in [0.29, 0.717) is 23.9 Å². The highest BCUT2D eigenvalue weighted by atomic mass is 35.5. The molecule has 1 aromatic heterocycles. The maximum atomic E-state index is 11.9. The van der Waals surface area contributed by atoms with E-state index in [1.807, 2.05) is 39.0 Å². The molecule has 0 aliphatic heterocycles. The molecule has 0 aliphatic rings. The second-order valence-corrected chi connectivity index (χ2v) is 6.96. The second-order valence-electron chi connectivity index (χ2n) is 6.52. The number of furan rings is 1. The topological polar surface area (TPSA) is 63.5 Å². The summed E-state index contributed by atoms with van der Waals surface area (Å²) in [5.74, 6) is 1.33. The Morgan fingerprint density at radius 3 is 2.64 bits per heavy atom. The molecule has 0 unspecified atom stereocenters. The van der Waals surface area contributed by atoms with Crippen LogP contribution in [0.25, 0.3) is 0 Å². The average Bonchev–Trinajstić information content (AvgIpc) is 2.98. The molecule has 0 saturated heterocycles. The van der Waals surface area contributed by atoms with Gasteiger partial charge < -0.3 is 19.8 Å². The van der Waals surface area contributed by atoms with Gasteiger partial charge in [-0.3, -0.25) is 4.79 Å². The Kier molecular flexibility index (Phi) is 8.29. The van der Waals surface area contributed by atoms with Crippen molar-refractivity contribution in [2.24, 2.45) is 0 Å². The van der Waals surface area contributed by atoms with E-state index in [1.54, 1.807) is 18.4 Å². The molecule has 1 amide bonds. The molecule has 0 radical (unpaired) electrons. The Labute approximate surface area is 159 Å². The zero-order chi connectivity index (χ0) is 17.6. The van der Waals surface area contributed by atoms with Crippen molar-refractivity contribution < 1.29 is 13.9 Å². The maximum absolute atomic E-state index is 11.9. The Morgan fingerprint density at radius 2 is 2.00 bits per heavy atom. The lowest BCUT2D eigenvalue weighted by Crippen LogP contribution is -2.43. The Morgan fingerprint density at radius 1 is 1.24 bits per heavy atom. The summed E-state index contributed by atoms with van der Waals surface area (Å²) in [5.41, 5.74) is 0.603. The monoisotopic (exact) mass is 386 g/mol. The lowest BCUT2D eigenvalue weighted by Gasteiger charge is -2.21. The van der Waals surface area contributed by atoms with Gasteiger partial charge in [-0.25, -0.2) is 0 Å². The third-order valence-electron chi connectivity index (χ3n) is 3.09. The van der Waals surface area contributed by atoms with E-state index in [1.165, 1.54) is 0 Å². The minimum atomic E-state index is -0.284. The van der Waals surface area contributed by atoms with Gasteiger partial charge in [-0.05, 0) is 51.1 Å². The third kappa shape index (κ3) is 7.82. The zero-order valence-electron chi connectivity index (χ0n) is 14.6. The van der Waals surface area contributed by atoms with Gasteiger partial charge >= 0.3 is 0 Å². The van der Waals surface area contributed by atoms with Crippen LogP contribution in [0.1, 0.15) is 32.1 Å². The number of nitrogens with one attached hydrogen (secondary N) is 2. The van der Waals surface area contributed by atoms with E-state index in [-0.39, 0.29) is 30.5 Å². The van der Waals surface area contributed by atoms with Crippen LogP contribution in [0.4, 0.5) is 0 Å². The minimum Gasteiger partial charge on any atom is -0.483 e. The van der Waals surface area contributed by atoms with Crippen molar-refractivity contribution in [3.05, 3.63) is 52.9 Å². The molecule has 0 fully saturated rings. The molecule has 25 heavy (non-hydrogen) atoms. The van der Waals surface area contributed by atoms with E-state index < -0.39 is 0 Å². The van der Waals surface area contributed by atoms with Crippen LogP contribution in [0, 0.1) is 0 Å². The fraction of sp³-hybridized carbons (Fsp3) is 0.389. The van der Waals surface area contributed by atoms with Gasteiger partial charge in [0.15, 0.2) is 6.61 Å². The normalized spacial score (nSPS) is 10.9. The van der Waals surface area contributed by atoms with Crippen LogP contribution in [0.15, 0.2) is 41.0 Å². The van der Waals surface area contributed by atoms with E-state index >= 15 is 0 Å². The SMILES string of the molecule is CC(C)(C)NC(=O)COc1ccc(Cl)cc1CNCc1ccco1.Cl. The Balaban J connectivity index is 0.00000312. The zero-order valence-corrected chi connectivity index (χ0v) is 16.2. The van der Waals surface area contributed by atoms with Crippen molar-refractivity contribution in [1.82, 2.24) is 10.6 Å². The average molecular weight is 387 g/mol. The fourth-order valence-corrected chi connectivity index (χ4v) is 2.35. The smallest absolute Gasteiger partial charge is 0.258 e. The molecular formula is C18H24Cl2N2O3. The molecule has 138 valence electrons. The van der Waals surface area contributed by atoms with Gasteiger partial charge in [0.25, 0.3) is 5.91 Å². The van der Waals surface area contributed by atoms with Gasteiger partial charge in [0, 0.05) is 22.7 Å². The van der Waals surface area contributed by atoms with E-state index in [9.17, 15) is 4.79 Å². The summed E-state index contributed by atoms with van der Waals surface area (Å²) in [6.45, 7) is 6.90. The molecule has 1 heterocycles. The van der Waals surface area contributed by atoms with Gasteiger partial charge in [-0.15, -0.1) is 12.4 Å². The molecule has 0 saturated carbocycles. The lowest BCUT2D eigenvalue weighted by molar-refractivity contribution is -0.124. The van der Waals surface area contributed by atoms with Crippen molar-refractivity contribution in [3.63, 3.8) is 0 Å². The Hall–Kier alpha value is -1.69. The number of ether oxygens (including phenoxy) is 1. The number of halogens is 2. The predicted octanol–water partition coefficient (Wildman–Crippen LogP) is 3.94. The third-order valence-corrected chi connectivity index (χ3v) is 3.33. The number of rotatable bonds is 7. The highest BCUT2D eigenvalue weighted by Crippen LogP contribution is 2.23. The minimum absolute atomic E-state index is 0. The second kappa shape index (κ2) is 9.70. The summed E-state index contributed by atoms with van der Waals surface area (Å²) in [5, 5.41) is 6.75. The van der Waals surface area contributed by atoms with Gasteiger partial charge in [0.05, 0.1) is 12.8 Å². The van der Waals surface area contributed by atoms with E-state index in [2.05, 4.69) is 10.6 Å². The predicted molar refractivity (Wildman–Crippen MR) is 101 cm³/mol. The van der Waals surface area contributed by atoms with Crippen molar-refractivity contribution in [1.29, 1.82) is 0 Å². The first-order valence-electron chi connectivity index (χ1n) is 7.79. The highest BCUT2D eigenvalue weighted by Gasteiger charge is 2.14. The molecule has 2 rings (SSSR count).